The molecule has 1 aliphatic heterocycles. The van der Waals surface area contributed by atoms with E-state index >= 15 is 0 Å². The van der Waals surface area contributed by atoms with E-state index in [0.29, 0.717) is 19.1 Å². The average molecular weight is 370 g/mol. The highest BCUT2D eigenvalue weighted by molar-refractivity contribution is 9.10. The van der Waals surface area contributed by atoms with E-state index in [4.69, 9.17) is 9.47 Å². The van der Waals surface area contributed by atoms with Gasteiger partial charge in [0.1, 0.15) is 11.4 Å². The third-order valence-corrected chi connectivity index (χ3v) is 3.95. The Morgan fingerprint density at radius 2 is 2.18 bits per heavy atom. The van der Waals surface area contributed by atoms with Crippen LogP contribution in [-0.4, -0.2) is 36.3 Å². The lowest BCUT2D eigenvalue weighted by Crippen LogP contribution is -2.44. The molecule has 5 heteroatoms. The quantitative estimate of drug-likeness (QED) is 0.788. The van der Waals surface area contributed by atoms with Gasteiger partial charge in [0, 0.05) is 23.5 Å². The van der Waals surface area contributed by atoms with Crippen LogP contribution in [0.5, 0.6) is 5.75 Å². The Morgan fingerprint density at radius 1 is 1.41 bits per heavy atom. The molecule has 22 heavy (non-hydrogen) atoms. The zero-order chi connectivity index (χ0) is 16.2. The van der Waals surface area contributed by atoms with Crippen LogP contribution in [0.15, 0.2) is 28.7 Å². The summed E-state index contributed by atoms with van der Waals surface area (Å²) in [6.07, 6.45) is 1.85. The molecular formula is C17H24BrNO3. The molecule has 122 valence electrons. The molecule has 0 saturated carbocycles. The molecule has 1 saturated heterocycles. The fraction of sp³-hybridized carbons (Fsp3) is 0.588. The van der Waals surface area contributed by atoms with E-state index < -0.39 is 5.60 Å². The maximum Gasteiger partial charge on any atom is 0.410 e. The second kappa shape index (κ2) is 7.36. The van der Waals surface area contributed by atoms with Crippen molar-refractivity contribution in [3.8, 4) is 5.75 Å². The maximum absolute atomic E-state index is 12.1. The van der Waals surface area contributed by atoms with Gasteiger partial charge in [-0.05, 0) is 51.8 Å². The van der Waals surface area contributed by atoms with Crippen molar-refractivity contribution in [3.05, 3.63) is 28.7 Å². The van der Waals surface area contributed by atoms with E-state index in [1.807, 2.05) is 45.0 Å². The normalized spacial score (nSPS) is 18.9. The predicted molar refractivity (Wildman–Crippen MR) is 90.2 cm³/mol. The number of rotatable bonds is 3. The Hall–Kier alpha value is -1.23. The number of carbonyl (C=O) groups excluding carboxylic acids is 1. The molecule has 1 amide bonds. The first-order chi connectivity index (χ1) is 10.3. The number of piperidine rings is 1. The number of carbonyl (C=O) groups is 1. The standard InChI is InChI=1S/C17H24BrNO3/c1-17(2,3)22-16(20)19-9-5-6-13(11-19)12-21-15-8-4-7-14(18)10-15/h4,7-8,10,13H,5-6,9,11-12H2,1-3H3. The molecule has 0 aliphatic carbocycles. The van der Waals surface area contributed by atoms with E-state index in [1.165, 1.54) is 0 Å². The van der Waals surface area contributed by atoms with Gasteiger partial charge in [-0.2, -0.15) is 0 Å². The molecule has 0 aromatic heterocycles. The highest BCUT2D eigenvalue weighted by Gasteiger charge is 2.27. The number of amides is 1. The molecule has 0 radical (unpaired) electrons. The second-order valence-corrected chi connectivity index (χ2v) is 7.62. The number of halogens is 1. The minimum atomic E-state index is -0.448. The number of ether oxygens (including phenoxy) is 2. The number of likely N-dealkylation sites (tertiary alicyclic amines) is 1. The number of benzene rings is 1. The molecule has 1 heterocycles. The van der Waals surface area contributed by atoms with Gasteiger partial charge in [-0.1, -0.05) is 22.0 Å². The van der Waals surface area contributed by atoms with Gasteiger partial charge in [-0.15, -0.1) is 0 Å². The van der Waals surface area contributed by atoms with Crippen LogP contribution in [0.1, 0.15) is 33.6 Å². The Kier molecular flexibility index (Phi) is 5.73. The maximum atomic E-state index is 12.1. The first kappa shape index (κ1) is 17.1. The fourth-order valence-corrected chi connectivity index (χ4v) is 2.84. The van der Waals surface area contributed by atoms with Crippen molar-refractivity contribution >= 4 is 22.0 Å². The van der Waals surface area contributed by atoms with Crippen molar-refractivity contribution in [1.82, 2.24) is 4.90 Å². The Morgan fingerprint density at radius 3 is 2.86 bits per heavy atom. The lowest BCUT2D eigenvalue weighted by atomic mass is 9.99. The van der Waals surface area contributed by atoms with Crippen LogP contribution in [-0.2, 0) is 4.74 Å². The van der Waals surface area contributed by atoms with Gasteiger partial charge >= 0.3 is 6.09 Å². The van der Waals surface area contributed by atoms with Gasteiger partial charge < -0.3 is 14.4 Å². The highest BCUT2D eigenvalue weighted by atomic mass is 79.9. The summed E-state index contributed by atoms with van der Waals surface area (Å²) in [6.45, 7) is 7.76. The van der Waals surface area contributed by atoms with Crippen molar-refractivity contribution in [2.24, 2.45) is 5.92 Å². The number of hydrogen-bond donors (Lipinski definition) is 0. The first-order valence-corrected chi connectivity index (χ1v) is 8.49. The molecule has 0 N–H and O–H groups in total. The van der Waals surface area contributed by atoms with Gasteiger partial charge in [-0.3, -0.25) is 0 Å². The van der Waals surface area contributed by atoms with E-state index in [1.54, 1.807) is 4.90 Å². The van der Waals surface area contributed by atoms with Gasteiger partial charge in [0.05, 0.1) is 6.61 Å². The molecule has 4 nitrogen and oxygen atoms in total. The highest BCUT2D eigenvalue weighted by Crippen LogP contribution is 2.22. The summed E-state index contributed by atoms with van der Waals surface area (Å²) < 4.78 is 12.3. The van der Waals surface area contributed by atoms with E-state index in [9.17, 15) is 4.79 Å². The Labute approximate surface area is 140 Å². The van der Waals surface area contributed by atoms with Gasteiger partial charge in [-0.25, -0.2) is 4.79 Å². The number of hydrogen-bond acceptors (Lipinski definition) is 3. The van der Waals surface area contributed by atoms with Gasteiger partial charge in [0.2, 0.25) is 0 Å². The summed E-state index contributed by atoms with van der Waals surface area (Å²) in [6, 6.07) is 7.82. The minimum absolute atomic E-state index is 0.223. The van der Waals surface area contributed by atoms with Crippen molar-refractivity contribution in [2.75, 3.05) is 19.7 Å². The third-order valence-electron chi connectivity index (χ3n) is 3.45. The van der Waals surface area contributed by atoms with E-state index in [0.717, 1.165) is 29.6 Å². The van der Waals surface area contributed by atoms with Crippen molar-refractivity contribution < 1.29 is 14.3 Å². The van der Waals surface area contributed by atoms with Crippen molar-refractivity contribution in [1.29, 1.82) is 0 Å². The van der Waals surface area contributed by atoms with Crippen LogP contribution >= 0.6 is 15.9 Å². The van der Waals surface area contributed by atoms with Crippen LogP contribution in [0.3, 0.4) is 0 Å². The molecule has 1 aromatic rings. The van der Waals surface area contributed by atoms with Crippen molar-refractivity contribution in [3.63, 3.8) is 0 Å². The summed E-state index contributed by atoms with van der Waals surface area (Å²) in [5.74, 6) is 1.20. The first-order valence-electron chi connectivity index (χ1n) is 7.70. The van der Waals surface area contributed by atoms with Crippen LogP contribution in [0.2, 0.25) is 0 Å². The molecule has 0 spiro atoms. The smallest absolute Gasteiger partial charge is 0.410 e. The Bertz CT molecular complexity index is 513. The van der Waals surface area contributed by atoms with E-state index in [-0.39, 0.29) is 6.09 Å². The molecule has 1 fully saturated rings. The van der Waals surface area contributed by atoms with E-state index in [2.05, 4.69) is 15.9 Å². The summed E-state index contributed by atoms with van der Waals surface area (Å²) >= 11 is 3.44. The zero-order valence-electron chi connectivity index (χ0n) is 13.5. The molecule has 1 unspecified atom stereocenters. The Balaban J connectivity index is 1.84. The SMILES string of the molecule is CC(C)(C)OC(=O)N1CCCC(COc2cccc(Br)c2)C1. The molecule has 1 aliphatic rings. The minimum Gasteiger partial charge on any atom is -0.493 e. The predicted octanol–water partition coefficient (Wildman–Crippen LogP) is 4.48. The molecule has 2 rings (SSSR count). The summed E-state index contributed by atoms with van der Waals surface area (Å²) in [5.41, 5.74) is -0.448. The monoisotopic (exact) mass is 369 g/mol. The largest absolute Gasteiger partial charge is 0.493 e. The topological polar surface area (TPSA) is 38.8 Å². The summed E-state index contributed by atoms with van der Waals surface area (Å²) in [4.78, 5) is 13.9. The number of nitrogens with zero attached hydrogens (tertiary/aromatic N) is 1. The second-order valence-electron chi connectivity index (χ2n) is 6.70. The van der Waals surface area contributed by atoms with Gasteiger partial charge in [0.15, 0.2) is 0 Å². The summed E-state index contributed by atoms with van der Waals surface area (Å²) in [7, 11) is 0. The van der Waals surface area contributed by atoms with Crippen LogP contribution in [0, 0.1) is 5.92 Å². The summed E-state index contributed by atoms with van der Waals surface area (Å²) in [5, 5.41) is 0. The molecule has 1 atom stereocenters. The van der Waals surface area contributed by atoms with Gasteiger partial charge in [0.25, 0.3) is 0 Å². The third kappa shape index (κ3) is 5.52. The van der Waals surface area contributed by atoms with Crippen molar-refractivity contribution in [2.45, 2.75) is 39.2 Å². The molecule has 1 aromatic carbocycles. The van der Waals surface area contributed by atoms with Crippen LogP contribution in [0.25, 0.3) is 0 Å². The molecular weight excluding hydrogens is 346 g/mol. The zero-order valence-corrected chi connectivity index (χ0v) is 15.1. The van der Waals surface area contributed by atoms with Crippen LogP contribution in [0.4, 0.5) is 4.79 Å². The lowest BCUT2D eigenvalue weighted by Gasteiger charge is -2.34. The molecule has 0 bridgehead atoms. The van der Waals surface area contributed by atoms with Crippen LogP contribution < -0.4 is 4.74 Å². The fourth-order valence-electron chi connectivity index (χ4n) is 2.46. The average Bonchev–Trinajstić information content (AvgIpc) is 2.44. The lowest BCUT2D eigenvalue weighted by molar-refractivity contribution is 0.0139.